The van der Waals surface area contributed by atoms with Crippen molar-refractivity contribution < 1.29 is 9.59 Å². The van der Waals surface area contributed by atoms with Crippen LogP contribution in [-0.2, 0) is 9.59 Å². The summed E-state index contributed by atoms with van der Waals surface area (Å²) in [5.41, 5.74) is 4.70. The zero-order valence-electron chi connectivity index (χ0n) is 19.1. The number of allylic oxidation sites excluding steroid dienone is 3. The minimum atomic E-state index is -0.133. The average molecular weight is 395 g/mol. The molecular weight excluding hydrogens is 356 g/mol. The number of Topliss-reactive ketones (excluding diaryl/α,β-unsaturated/α-hetero) is 1. The summed E-state index contributed by atoms with van der Waals surface area (Å²) >= 11 is 0. The largest absolute Gasteiger partial charge is 0.299 e. The number of hydrogen-bond donors (Lipinski definition) is 0. The Labute approximate surface area is 176 Å². The smallest absolute Gasteiger partial charge is 0.155 e. The highest BCUT2D eigenvalue weighted by Gasteiger charge is 2.69. The second kappa shape index (κ2) is 6.17. The highest BCUT2D eigenvalue weighted by molar-refractivity contribution is 5.91. The van der Waals surface area contributed by atoms with Crippen molar-refractivity contribution in [2.24, 2.45) is 39.9 Å². The first-order valence-corrected chi connectivity index (χ1v) is 12.0. The highest BCUT2D eigenvalue weighted by atomic mass is 16.1. The van der Waals surface area contributed by atoms with E-state index in [0.29, 0.717) is 29.3 Å². The molecule has 5 rings (SSSR count). The lowest BCUT2D eigenvalue weighted by atomic mass is 9.43. The van der Waals surface area contributed by atoms with Gasteiger partial charge < -0.3 is 0 Å². The molecule has 2 nitrogen and oxygen atoms in total. The molecule has 5 aliphatic rings. The van der Waals surface area contributed by atoms with Crippen LogP contribution in [0.4, 0.5) is 0 Å². The first-order valence-electron chi connectivity index (χ1n) is 12.0. The van der Waals surface area contributed by atoms with Crippen LogP contribution in [0.5, 0.6) is 0 Å². The van der Waals surface area contributed by atoms with Crippen molar-refractivity contribution in [3.05, 3.63) is 22.8 Å². The molecule has 7 atom stereocenters. The van der Waals surface area contributed by atoms with Crippen molar-refractivity contribution in [1.82, 2.24) is 0 Å². The molecule has 0 aromatic rings. The van der Waals surface area contributed by atoms with Crippen molar-refractivity contribution in [2.45, 2.75) is 92.4 Å². The van der Waals surface area contributed by atoms with E-state index in [-0.39, 0.29) is 16.2 Å². The first kappa shape index (κ1) is 19.8. The molecule has 2 heteroatoms. The maximum Gasteiger partial charge on any atom is 0.155 e. The normalized spacial score (nSPS) is 49.0. The van der Waals surface area contributed by atoms with Crippen molar-refractivity contribution in [3.8, 4) is 0 Å². The van der Waals surface area contributed by atoms with Gasteiger partial charge in [-0.2, -0.15) is 0 Å². The molecule has 29 heavy (non-hydrogen) atoms. The van der Waals surface area contributed by atoms with Gasteiger partial charge in [0.2, 0.25) is 0 Å². The number of fused-ring (bicyclic) bond motifs is 7. The number of hydrogen-bond acceptors (Lipinski definition) is 2. The van der Waals surface area contributed by atoms with Gasteiger partial charge in [-0.25, -0.2) is 0 Å². The van der Waals surface area contributed by atoms with Gasteiger partial charge in [-0.1, -0.05) is 30.6 Å². The van der Waals surface area contributed by atoms with E-state index in [9.17, 15) is 9.59 Å². The van der Waals surface area contributed by atoms with Crippen LogP contribution in [0.3, 0.4) is 0 Å². The molecule has 0 heterocycles. The van der Waals surface area contributed by atoms with E-state index in [4.69, 9.17) is 0 Å². The van der Waals surface area contributed by atoms with Gasteiger partial charge in [0, 0.05) is 11.8 Å². The van der Waals surface area contributed by atoms with Gasteiger partial charge in [-0.3, -0.25) is 9.59 Å². The second-order valence-electron chi connectivity index (χ2n) is 11.8. The fourth-order valence-electron chi connectivity index (χ4n) is 9.37. The Morgan fingerprint density at radius 2 is 1.79 bits per heavy atom. The molecule has 0 spiro atoms. The summed E-state index contributed by atoms with van der Waals surface area (Å²) in [6.45, 7) is 11.4. The lowest BCUT2D eigenvalue weighted by molar-refractivity contribution is -0.145. The maximum atomic E-state index is 13.3. The molecule has 0 radical (unpaired) electrons. The van der Waals surface area contributed by atoms with Crippen LogP contribution in [0.1, 0.15) is 92.4 Å². The SMILES string of the molecule is CC(=O)[C@]12CC(C)=C(C)C[C@@H]1C[C@H]1[C@H]3CCC4=CC(=O)CC[C@@]4(C)[C@@H]3CC[C@@]12C. The lowest BCUT2D eigenvalue weighted by Gasteiger charge is -2.60. The Hall–Kier alpha value is -1.18. The summed E-state index contributed by atoms with van der Waals surface area (Å²) in [5, 5.41) is 0. The molecule has 3 fully saturated rings. The Balaban J connectivity index is 1.56. The molecule has 0 saturated heterocycles. The molecule has 0 bridgehead atoms. The predicted molar refractivity (Wildman–Crippen MR) is 116 cm³/mol. The summed E-state index contributed by atoms with van der Waals surface area (Å²) in [6.07, 6.45) is 11.9. The van der Waals surface area contributed by atoms with E-state index < -0.39 is 0 Å². The molecule has 0 aromatic heterocycles. The maximum absolute atomic E-state index is 13.3. The predicted octanol–water partition coefficient (Wildman–Crippen LogP) is 6.45. The molecule has 0 aromatic carbocycles. The standard InChI is InChI=1S/C27H38O2/c1-16-12-20-14-24-22-7-6-19-13-21(29)8-10-25(19,4)23(22)9-11-26(24,5)27(20,18(3)28)15-17(16)2/h13,20,22-24H,6-12,14-15H2,1-5H3/t20-,22+,23-,24+,25-,26+,27-/m1/s1. The van der Waals surface area contributed by atoms with Gasteiger partial charge in [0.15, 0.2) is 5.78 Å². The molecule has 0 N–H and O–H groups in total. The molecule has 0 amide bonds. The van der Waals surface area contributed by atoms with Crippen molar-refractivity contribution >= 4 is 11.6 Å². The molecule has 3 saturated carbocycles. The van der Waals surface area contributed by atoms with Crippen LogP contribution in [0.25, 0.3) is 0 Å². The van der Waals surface area contributed by atoms with Crippen LogP contribution in [0.15, 0.2) is 22.8 Å². The zero-order valence-corrected chi connectivity index (χ0v) is 19.1. The summed E-state index contributed by atoms with van der Waals surface area (Å²) < 4.78 is 0. The Morgan fingerprint density at radius 3 is 2.52 bits per heavy atom. The third-order valence-electron chi connectivity index (χ3n) is 11.1. The molecular formula is C27H38O2. The van der Waals surface area contributed by atoms with Crippen LogP contribution < -0.4 is 0 Å². The summed E-state index contributed by atoms with van der Waals surface area (Å²) in [6, 6.07) is 0. The molecule has 5 aliphatic carbocycles. The van der Waals surface area contributed by atoms with E-state index in [0.717, 1.165) is 38.0 Å². The van der Waals surface area contributed by atoms with E-state index in [1.54, 1.807) is 0 Å². The number of rotatable bonds is 1. The summed E-state index contributed by atoms with van der Waals surface area (Å²) in [4.78, 5) is 25.4. The molecule has 0 unspecified atom stereocenters. The van der Waals surface area contributed by atoms with Gasteiger partial charge in [-0.15, -0.1) is 0 Å². The van der Waals surface area contributed by atoms with Crippen molar-refractivity contribution in [2.75, 3.05) is 0 Å². The van der Waals surface area contributed by atoms with Crippen LogP contribution in [0, 0.1) is 39.9 Å². The Kier molecular flexibility index (Phi) is 4.21. The van der Waals surface area contributed by atoms with E-state index in [2.05, 4.69) is 27.7 Å². The summed E-state index contributed by atoms with van der Waals surface area (Å²) in [5.74, 6) is 3.44. The zero-order chi connectivity index (χ0) is 20.8. The molecule has 0 aliphatic heterocycles. The quantitative estimate of drug-likeness (QED) is 0.479. The first-order chi connectivity index (χ1) is 13.6. The highest BCUT2D eigenvalue weighted by Crippen LogP contribution is 2.74. The Morgan fingerprint density at radius 1 is 1.03 bits per heavy atom. The third-order valence-corrected chi connectivity index (χ3v) is 11.1. The number of carbonyl (C=O) groups excluding carboxylic acids is 2. The minimum absolute atomic E-state index is 0.133. The average Bonchev–Trinajstić information content (AvgIpc) is 2.92. The Bertz CT molecular complexity index is 847. The second-order valence-corrected chi connectivity index (χ2v) is 11.8. The number of carbonyl (C=O) groups is 2. The van der Waals surface area contributed by atoms with Gasteiger partial charge in [0.1, 0.15) is 5.78 Å². The van der Waals surface area contributed by atoms with Gasteiger partial charge in [0.25, 0.3) is 0 Å². The van der Waals surface area contributed by atoms with Gasteiger partial charge in [0.05, 0.1) is 0 Å². The van der Waals surface area contributed by atoms with E-state index in [1.807, 2.05) is 13.0 Å². The van der Waals surface area contributed by atoms with Crippen LogP contribution in [0.2, 0.25) is 0 Å². The van der Waals surface area contributed by atoms with E-state index in [1.165, 1.54) is 42.4 Å². The third kappa shape index (κ3) is 2.35. The summed E-state index contributed by atoms with van der Waals surface area (Å²) in [7, 11) is 0. The minimum Gasteiger partial charge on any atom is -0.299 e. The van der Waals surface area contributed by atoms with Gasteiger partial charge >= 0.3 is 0 Å². The van der Waals surface area contributed by atoms with Gasteiger partial charge in [-0.05, 0) is 113 Å². The topological polar surface area (TPSA) is 34.1 Å². The fourth-order valence-corrected chi connectivity index (χ4v) is 9.37. The fraction of sp³-hybridized carbons (Fsp3) is 0.778. The molecule has 158 valence electrons. The van der Waals surface area contributed by atoms with Crippen molar-refractivity contribution in [1.29, 1.82) is 0 Å². The number of ketones is 2. The van der Waals surface area contributed by atoms with Crippen LogP contribution >= 0.6 is 0 Å². The van der Waals surface area contributed by atoms with E-state index >= 15 is 0 Å². The van der Waals surface area contributed by atoms with Crippen molar-refractivity contribution in [3.63, 3.8) is 0 Å². The van der Waals surface area contributed by atoms with Crippen LogP contribution in [-0.4, -0.2) is 11.6 Å². The monoisotopic (exact) mass is 394 g/mol. The lowest BCUT2D eigenvalue weighted by Crippen LogP contribution is -2.55.